The molecule has 3 nitrogen and oxygen atoms in total. The van der Waals surface area contributed by atoms with Crippen molar-refractivity contribution in [2.75, 3.05) is 5.32 Å². The van der Waals surface area contributed by atoms with E-state index in [0.717, 1.165) is 0 Å². The summed E-state index contributed by atoms with van der Waals surface area (Å²) in [5.41, 5.74) is 7.71. The lowest BCUT2D eigenvalue weighted by atomic mass is 10.2. The highest BCUT2D eigenvalue weighted by molar-refractivity contribution is 7.80. The molecule has 18 heavy (non-hydrogen) atoms. The van der Waals surface area contributed by atoms with Crippen LogP contribution in [0.15, 0.2) is 36.7 Å². The van der Waals surface area contributed by atoms with Gasteiger partial charge in [0.25, 0.3) is 0 Å². The molecule has 0 spiro atoms. The Morgan fingerprint density at radius 1 is 1.22 bits per heavy atom. The third kappa shape index (κ3) is 2.72. The lowest BCUT2D eigenvalue weighted by Gasteiger charge is -2.12. The number of rotatable bonds is 3. The molecule has 92 valence electrons. The van der Waals surface area contributed by atoms with Crippen LogP contribution in [0.4, 0.5) is 11.4 Å². The molecule has 0 aliphatic heterocycles. The second kappa shape index (κ2) is 5.52. The van der Waals surface area contributed by atoms with Gasteiger partial charge in [0.05, 0.1) is 27.6 Å². The third-order valence-electron chi connectivity index (χ3n) is 2.31. The molecule has 1 heterocycles. The highest BCUT2D eigenvalue weighted by Gasteiger charge is 2.08. The van der Waals surface area contributed by atoms with Crippen molar-refractivity contribution in [3.63, 3.8) is 0 Å². The van der Waals surface area contributed by atoms with Gasteiger partial charge >= 0.3 is 0 Å². The Morgan fingerprint density at radius 3 is 2.72 bits per heavy atom. The van der Waals surface area contributed by atoms with Gasteiger partial charge < -0.3 is 11.1 Å². The molecule has 0 aliphatic carbocycles. The third-order valence-corrected chi connectivity index (χ3v) is 3.35. The zero-order valence-electron chi connectivity index (χ0n) is 9.15. The molecule has 0 fully saturated rings. The number of benzene rings is 1. The molecule has 0 atom stereocenters. The van der Waals surface area contributed by atoms with Crippen LogP contribution in [0.25, 0.3) is 0 Å². The minimum Gasteiger partial charge on any atom is -0.389 e. The maximum Gasteiger partial charge on any atom is 0.106 e. The summed E-state index contributed by atoms with van der Waals surface area (Å²) in [6, 6.07) is 7.06. The fourth-order valence-corrected chi connectivity index (χ4v) is 1.98. The molecule has 6 heteroatoms. The Bertz CT molecular complexity index is 602. The normalized spacial score (nSPS) is 10.1. The van der Waals surface area contributed by atoms with Crippen LogP contribution >= 0.6 is 35.4 Å². The van der Waals surface area contributed by atoms with E-state index in [1.54, 1.807) is 30.6 Å². The van der Waals surface area contributed by atoms with E-state index in [1.807, 2.05) is 6.07 Å². The molecule has 1 aromatic heterocycles. The predicted octanol–water partition coefficient (Wildman–Crippen LogP) is 3.77. The minimum atomic E-state index is 0.290. The number of anilines is 2. The topological polar surface area (TPSA) is 50.9 Å². The highest BCUT2D eigenvalue weighted by atomic mass is 35.5. The molecule has 2 aromatic rings. The number of nitrogens with zero attached hydrogens (tertiary/aromatic N) is 1. The maximum atomic E-state index is 6.10. The summed E-state index contributed by atoms with van der Waals surface area (Å²) < 4.78 is 0. The smallest absolute Gasteiger partial charge is 0.106 e. The first-order valence-corrected chi connectivity index (χ1v) is 6.21. The van der Waals surface area contributed by atoms with Gasteiger partial charge in [-0.05, 0) is 18.2 Å². The van der Waals surface area contributed by atoms with Gasteiger partial charge in [-0.3, -0.25) is 4.98 Å². The first kappa shape index (κ1) is 13.1. The second-order valence-electron chi connectivity index (χ2n) is 3.51. The number of hydrogen-bond acceptors (Lipinski definition) is 3. The quantitative estimate of drug-likeness (QED) is 0.847. The highest BCUT2D eigenvalue weighted by Crippen LogP contribution is 2.32. The molecule has 0 aliphatic rings. The molecule has 0 bridgehead atoms. The van der Waals surface area contributed by atoms with E-state index in [4.69, 9.17) is 41.2 Å². The van der Waals surface area contributed by atoms with Crippen LogP contribution in [-0.2, 0) is 0 Å². The predicted molar refractivity (Wildman–Crippen MR) is 79.9 cm³/mol. The SMILES string of the molecule is NC(=S)c1ccncc1Nc1cccc(Cl)c1Cl. The lowest BCUT2D eigenvalue weighted by molar-refractivity contribution is 1.31. The van der Waals surface area contributed by atoms with E-state index in [2.05, 4.69) is 10.3 Å². The van der Waals surface area contributed by atoms with E-state index in [-0.39, 0.29) is 4.99 Å². The minimum absolute atomic E-state index is 0.290. The zero-order valence-corrected chi connectivity index (χ0v) is 11.5. The summed E-state index contributed by atoms with van der Waals surface area (Å²) in [6.45, 7) is 0. The van der Waals surface area contributed by atoms with E-state index in [0.29, 0.717) is 27.0 Å². The van der Waals surface area contributed by atoms with Crippen LogP contribution in [0.5, 0.6) is 0 Å². The van der Waals surface area contributed by atoms with Crippen molar-refractivity contribution < 1.29 is 0 Å². The fourth-order valence-electron chi connectivity index (χ4n) is 1.45. The molecule has 2 rings (SSSR count). The Morgan fingerprint density at radius 2 is 2.00 bits per heavy atom. The van der Waals surface area contributed by atoms with Crippen molar-refractivity contribution in [1.82, 2.24) is 4.98 Å². The molecular weight excluding hydrogens is 289 g/mol. The van der Waals surface area contributed by atoms with Gasteiger partial charge in [-0.2, -0.15) is 0 Å². The van der Waals surface area contributed by atoms with Crippen molar-refractivity contribution in [2.45, 2.75) is 0 Å². The zero-order chi connectivity index (χ0) is 13.1. The van der Waals surface area contributed by atoms with Crippen molar-refractivity contribution >= 4 is 51.8 Å². The van der Waals surface area contributed by atoms with Gasteiger partial charge in [0.15, 0.2) is 0 Å². The average molecular weight is 298 g/mol. The number of aromatic nitrogens is 1. The molecule has 0 saturated heterocycles. The van der Waals surface area contributed by atoms with Gasteiger partial charge in [0, 0.05) is 11.8 Å². The van der Waals surface area contributed by atoms with E-state index >= 15 is 0 Å². The summed E-state index contributed by atoms with van der Waals surface area (Å²) in [4.78, 5) is 4.31. The Hall–Kier alpha value is -1.36. The number of nitrogens with one attached hydrogen (secondary N) is 1. The van der Waals surface area contributed by atoms with Gasteiger partial charge in [-0.25, -0.2) is 0 Å². The van der Waals surface area contributed by atoms with Crippen LogP contribution < -0.4 is 11.1 Å². The van der Waals surface area contributed by atoms with Gasteiger partial charge in [-0.1, -0.05) is 41.5 Å². The van der Waals surface area contributed by atoms with Crippen molar-refractivity contribution in [3.8, 4) is 0 Å². The lowest BCUT2D eigenvalue weighted by Crippen LogP contribution is -2.12. The number of halogens is 2. The number of pyridine rings is 1. The largest absolute Gasteiger partial charge is 0.389 e. The molecule has 0 radical (unpaired) electrons. The molecule has 0 unspecified atom stereocenters. The van der Waals surface area contributed by atoms with Crippen molar-refractivity contribution in [3.05, 3.63) is 52.3 Å². The van der Waals surface area contributed by atoms with Gasteiger partial charge in [0.2, 0.25) is 0 Å². The number of thiocarbonyl (C=S) groups is 1. The Balaban J connectivity index is 2.40. The Kier molecular flexibility index (Phi) is 4.01. The van der Waals surface area contributed by atoms with E-state index < -0.39 is 0 Å². The van der Waals surface area contributed by atoms with Crippen LogP contribution in [-0.4, -0.2) is 9.97 Å². The molecule has 0 amide bonds. The van der Waals surface area contributed by atoms with Gasteiger partial charge in [-0.15, -0.1) is 0 Å². The summed E-state index contributed by atoms with van der Waals surface area (Å²) in [7, 11) is 0. The Labute approximate surface area is 120 Å². The standard InChI is InChI=1S/C12H9Cl2N3S/c13-8-2-1-3-9(11(8)14)17-10-6-16-5-4-7(10)12(15)18/h1-6,17H,(H2,15,18). The monoisotopic (exact) mass is 297 g/mol. The first-order chi connectivity index (χ1) is 8.59. The average Bonchev–Trinajstić information content (AvgIpc) is 2.35. The summed E-state index contributed by atoms with van der Waals surface area (Å²) in [5, 5.41) is 4.03. The molecular formula is C12H9Cl2N3S. The second-order valence-corrected chi connectivity index (χ2v) is 4.74. The van der Waals surface area contributed by atoms with E-state index in [9.17, 15) is 0 Å². The van der Waals surface area contributed by atoms with Crippen molar-refractivity contribution in [1.29, 1.82) is 0 Å². The molecule has 0 saturated carbocycles. The molecule has 3 N–H and O–H groups in total. The van der Waals surface area contributed by atoms with Crippen LogP contribution in [0.1, 0.15) is 5.56 Å². The maximum absolute atomic E-state index is 6.10. The first-order valence-electron chi connectivity index (χ1n) is 5.04. The summed E-state index contributed by atoms with van der Waals surface area (Å²) in [5.74, 6) is 0. The summed E-state index contributed by atoms with van der Waals surface area (Å²) >= 11 is 17.0. The molecule has 1 aromatic carbocycles. The van der Waals surface area contributed by atoms with Crippen molar-refractivity contribution in [2.24, 2.45) is 5.73 Å². The van der Waals surface area contributed by atoms with Crippen LogP contribution in [0.2, 0.25) is 10.0 Å². The van der Waals surface area contributed by atoms with E-state index in [1.165, 1.54) is 0 Å². The summed E-state index contributed by atoms with van der Waals surface area (Å²) in [6.07, 6.45) is 3.25. The van der Waals surface area contributed by atoms with Crippen LogP contribution in [0.3, 0.4) is 0 Å². The van der Waals surface area contributed by atoms with Gasteiger partial charge in [0.1, 0.15) is 4.99 Å². The number of hydrogen-bond donors (Lipinski definition) is 2. The van der Waals surface area contributed by atoms with Crippen LogP contribution in [0, 0.1) is 0 Å². The number of nitrogens with two attached hydrogens (primary N) is 1. The fraction of sp³-hybridized carbons (Fsp3) is 0.